The van der Waals surface area contributed by atoms with Gasteiger partial charge in [-0.1, -0.05) is 114 Å². The number of rotatable bonds is 34. The number of carbonyl (C=O) groups is 2. The van der Waals surface area contributed by atoms with Crippen LogP contribution in [-0.4, -0.2) is 74.9 Å². The summed E-state index contributed by atoms with van der Waals surface area (Å²) < 4.78 is 34.1. The lowest BCUT2D eigenvalue weighted by Gasteiger charge is -2.24. The largest absolute Gasteiger partial charge is 0.472 e. The van der Waals surface area contributed by atoms with Gasteiger partial charge in [0.25, 0.3) is 0 Å². The van der Waals surface area contributed by atoms with Gasteiger partial charge in [0.15, 0.2) is 6.10 Å². The topological polar surface area (TPSA) is 108 Å². The van der Waals surface area contributed by atoms with Gasteiger partial charge in [0, 0.05) is 12.8 Å². The van der Waals surface area contributed by atoms with Gasteiger partial charge < -0.3 is 18.9 Å². The van der Waals surface area contributed by atoms with Crippen LogP contribution in [0, 0.1) is 0 Å². The van der Waals surface area contributed by atoms with E-state index < -0.39 is 26.5 Å². The van der Waals surface area contributed by atoms with Crippen molar-refractivity contribution in [2.75, 3.05) is 47.5 Å². The molecule has 0 aromatic rings. The van der Waals surface area contributed by atoms with E-state index in [1.54, 1.807) is 0 Å². The second kappa shape index (κ2) is 32.8. The van der Waals surface area contributed by atoms with Crippen molar-refractivity contribution in [2.24, 2.45) is 0 Å². The summed E-state index contributed by atoms with van der Waals surface area (Å²) in [6.45, 7) is 4.21. The number of phosphoric acid groups is 1. The summed E-state index contributed by atoms with van der Waals surface area (Å²) in [5.74, 6) is -0.836. The zero-order valence-electron chi connectivity index (χ0n) is 32.4. The Kier molecular flexibility index (Phi) is 31.5. The molecule has 0 bridgehead atoms. The molecule has 1 unspecified atom stereocenters. The minimum atomic E-state index is -4.37. The van der Waals surface area contributed by atoms with E-state index in [0.717, 1.165) is 89.9 Å². The first kappa shape index (κ1) is 48.0. The summed E-state index contributed by atoms with van der Waals surface area (Å²) in [5, 5.41) is 0. The molecule has 290 valence electrons. The van der Waals surface area contributed by atoms with Crippen LogP contribution >= 0.6 is 7.82 Å². The number of allylic oxidation sites excluding steroid dienone is 8. The maximum absolute atomic E-state index is 12.6. The first-order chi connectivity index (χ1) is 24.0. The standard InChI is InChI=1S/C40H72NO8P/c1-6-8-10-12-14-16-18-19-20-21-23-24-26-28-30-32-39(42)46-36-38(37-48-50(44,45)47-35-34-41(3,4)5)49-40(43)33-31-29-27-25-22-17-15-13-11-9-7-2/h8,10,13-16,19-20,38H,6-7,9,11-12,17-18,21-37H2,1-5H3/p+1/b10-8-,15-13-,16-14-,20-19-/t38-/m1/s1. The number of hydrogen-bond donors (Lipinski definition) is 1. The molecule has 0 fully saturated rings. The molecule has 0 aromatic heterocycles. The summed E-state index contributed by atoms with van der Waals surface area (Å²) in [4.78, 5) is 35.2. The molecule has 50 heavy (non-hydrogen) atoms. The number of ether oxygens (including phenoxy) is 2. The van der Waals surface area contributed by atoms with E-state index in [0.29, 0.717) is 23.9 Å². The highest BCUT2D eigenvalue weighted by Crippen LogP contribution is 2.43. The SMILES string of the molecule is CC/C=C\C/C=C\C/C=C\CCCCCCCC(=O)OC[C@H](COP(=O)(O)OCC[N+](C)(C)C)OC(=O)CCCCCCC/C=C\CCCC. The molecule has 0 aliphatic heterocycles. The third-order valence-corrected chi connectivity index (χ3v) is 8.83. The number of unbranched alkanes of at least 4 members (excludes halogenated alkanes) is 12. The minimum Gasteiger partial charge on any atom is -0.462 e. The van der Waals surface area contributed by atoms with Crippen LogP contribution in [0.15, 0.2) is 48.6 Å². The van der Waals surface area contributed by atoms with Crippen molar-refractivity contribution >= 4 is 19.8 Å². The lowest BCUT2D eigenvalue weighted by atomic mass is 10.1. The molecule has 0 heterocycles. The van der Waals surface area contributed by atoms with Crippen LogP contribution < -0.4 is 0 Å². The maximum atomic E-state index is 12.6. The zero-order chi connectivity index (χ0) is 37.2. The number of hydrogen-bond acceptors (Lipinski definition) is 7. The van der Waals surface area contributed by atoms with Gasteiger partial charge in [-0.25, -0.2) is 4.57 Å². The van der Waals surface area contributed by atoms with Crippen molar-refractivity contribution in [3.63, 3.8) is 0 Å². The molecular weight excluding hydrogens is 653 g/mol. The summed E-state index contributed by atoms with van der Waals surface area (Å²) in [5.41, 5.74) is 0. The molecule has 0 radical (unpaired) electrons. The Bertz CT molecular complexity index is 1000. The van der Waals surface area contributed by atoms with Crippen molar-refractivity contribution in [2.45, 2.75) is 148 Å². The van der Waals surface area contributed by atoms with Crippen molar-refractivity contribution in [1.29, 1.82) is 0 Å². The smallest absolute Gasteiger partial charge is 0.462 e. The van der Waals surface area contributed by atoms with Crippen molar-refractivity contribution in [3.05, 3.63) is 48.6 Å². The summed E-state index contributed by atoms with van der Waals surface area (Å²) in [6, 6.07) is 0. The molecule has 0 rings (SSSR count). The fraction of sp³-hybridized carbons (Fsp3) is 0.750. The highest BCUT2D eigenvalue weighted by Gasteiger charge is 2.27. The first-order valence-corrected chi connectivity index (χ1v) is 20.9. The summed E-state index contributed by atoms with van der Waals surface area (Å²) in [6.07, 6.45) is 35.9. The monoisotopic (exact) mass is 727 g/mol. The molecule has 2 atom stereocenters. The molecule has 0 amide bonds. The highest BCUT2D eigenvalue weighted by molar-refractivity contribution is 7.47. The highest BCUT2D eigenvalue weighted by atomic mass is 31.2. The third-order valence-electron chi connectivity index (χ3n) is 7.84. The lowest BCUT2D eigenvalue weighted by Crippen LogP contribution is -2.37. The number of quaternary nitrogens is 1. The molecule has 10 heteroatoms. The fourth-order valence-electron chi connectivity index (χ4n) is 4.77. The van der Waals surface area contributed by atoms with Crippen LogP contribution in [0.4, 0.5) is 0 Å². The molecule has 0 aliphatic carbocycles. The molecule has 0 spiro atoms. The van der Waals surface area contributed by atoms with Gasteiger partial charge >= 0.3 is 19.8 Å². The fourth-order valence-corrected chi connectivity index (χ4v) is 5.51. The Morgan fingerprint density at radius 1 is 0.640 bits per heavy atom. The quantitative estimate of drug-likeness (QED) is 0.0230. The van der Waals surface area contributed by atoms with Crippen LogP contribution in [0.25, 0.3) is 0 Å². The van der Waals surface area contributed by atoms with Gasteiger partial charge in [0.05, 0.1) is 27.7 Å². The molecule has 0 saturated heterocycles. The minimum absolute atomic E-state index is 0.0254. The number of likely N-dealkylation sites (N-methyl/N-ethyl adjacent to an activating group) is 1. The van der Waals surface area contributed by atoms with E-state index >= 15 is 0 Å². The average Bonchev–Trinajstić information content (AvgIpc) is 3.06. The number of phosphoric ester groups is 1. The van der Waals surface area contributed by atoms with Crippen LogP contribution in [0.3, 0.4) is 0 Å². The lowest BCUT2D eigenvalue weighted by molar-refractivity contribution is -0.870. The van der Waals surface area contributed by atoms with E-state index in [-0.39, 0.29) is 32.0 Å². The van der Waals surface area contributed by atoms with E-state index in [1.165, 1.54) is 12.8 Å². The first-order valence-electron chi connectivity index (χ1n) is 19.4. The molecule has 0 aliphatic rings. The van der Waals surface area contributed by atoms with Gasteiger partial charge in [-0.15, -0.1) is 0 Å². The predicted molar refractivity (Wildman–Crippen MR) is 206 cm³/mol. The third kappa shape index (κ3) is 35.8. The van der Waals surface area contributed by atoms with Crippen LogP contribution in [0.2, 0.25) is 0 Å². The molecular formula is C40H73NO8P+. The Hall–Kier alpha value is -2.03. The average molecular weight is 727 g/mol. The van der Waals surface area contributed by atoms with Gasteiger partial charge in [-0.05, 0) is 64.2 Å². The normalized spacial score (nSPS) is 14.3. The number of esters is 2. The molecule has 0 aromatic carbocycles. The van der Waals surface area contributed by atoms with Crippen molar-refractivity contribution < 1.29 is 42.1 Å². The predicted octanol–water partition coefficient (Wildman–Crippen LogP) is 10.3. The van der Waals surface area contributed by atoms with Gasteiger partial charge in [0.2, 0.25) is 0 Å². The second-order valence-corrected chi connectivity index (χ2v) is 15.4. The van der Waals surface area contributed by atoms with E-state index in [2.05, 4.69) is 62.5 Å². The molecule has 9 nitrogen and oxygen atoms in total. The summed E-state index contributed by atoms with van der Waals surface area (Å²) in [7, 11) is 1.45. The van der Waals surface area contributed by atoms with E-state index in [9.17, 15) is 19.0 Å². The Morgan fingerprint density at radius 2 is 1.14 bits per heavy atom. The van der Waals surface area contributed by atoms with Crippen molar-refractivity contribution in [1.82, 2.24) is 0 Å². The van der Waals surface area contributed by atoms with Gasteiger partial charge in [-0.3, -0.25) is 18.6 Å². The Morgan fingerprint density at radius 3 is 1.72 bits per heavy atom. The van der Waals surface area contributed by atoms with Crippen LogP contribution in [-0.2, 0) is 32.7 Å². The summed E-state index contributed by atoms with van der Waals surface area (Å²) >= 11 is 0. The van der Waals surface area contributed by atoms with Gasteiger partial charge in [0.1, 0.15) is 19.8 Å². The second-order valence-electron chi connectivity index (χ2n) is 13.9. The van der Waals surface area contributed by atoms with Crippen molar-refractivity contribution in [3.8, 4) is 0 Å². The molecule has 1 N–H and O–H groups in total. The number of nitrogens with zero attached hydrogens (tertiary/aromatic N) is 1. The van der Waals surface area contributed by atoms with Gasteiger partial charge in [-0.2, -0.15) is 0 Å². The molecule has 0 saturated carbocycles. The van der Waals surface area contributed by atoms with Crippen LogP contribution in [0.5, 0.6) is 0 Å². The zero-order valence-corrected chi connectivity index (χ0v) is 33.3. The van der Waals surface area contributed by atoms with E-state index in [4.69, 9.17) is 18.5 Å². The maximum Gasteiger partial charge on any atom is 0.472 e. The Labute approximate surface area is 305 Å². The van der Waals surface area contributed by atoms with E-state index in [1.807, 2.05) is 21.1 Å². The van der Waals surface area contributed by atoms with Crippen LogP contribution in [0.1, 0.15) is 142 Å². The Balaban J connectivity index is 4.46. The number of carbonyl (C=O) groups excluding carboxylic acids is 2.